The van der Waals surface area contributed by atoms with E-state index in [4.69, 9.17) is 0 Å². The fourth-order valence-corrected chi connectivity index (χ4v) is 4.07. The summed E-state index contributed by atoms with van der Waals surface area (Å²) >= 11 is 0. The Morgan fingerprint density at radius 2 is 1.63 bits per heavy atom. The molecule has 0 atom stereocenters. The Labute approximate surface area is 189 Å². The summed E-state index contributed by atoms with van der Waals surface area (Å²) in [5.74, 6) is 0.136. The Hall–Kier alpha value is -1.03. The number of hydrogen-bond acceptors (Lipinski definition) is 1. The van der Waals surface area contributed by atoms with Crippen molar-refractivity contribution in [3.05, 3.63) is 65.2 Å². The zero-order valence-corrected chi connectivity index (χ0v) is 19.5. The zero-order valence-electron chi connectivity index (χ0n) is 16.7. The number of hydrogen-bond donors (Lipinski definition) is 1. The molecule has 27 heavy (non-hydrogen) atoms. The molecule has 141 valence electrons. The average molecular weight is 440 g/mol. The van der Waals surface area contributed by atoms with E-state index >= 15 is 0 Å². The Balaban J connectivity index is 0.00000261. The van der Waals surface area contributed by atoms with Gasteiger partial charge >= 0.3 is 0 Å². The third-order valence-corrected chi connectivity index (χ3v) is 5.52. The predicted molar refractivity (Wildman–Crippen MR) is 108 cm³/mol. The summed E-state index contributed by atoms with van der Waals surface area (Å²) in [6.07, 6.45) is 4.99. The number of likely N-dealkylation sites (tertiary alicyclic amines) is 1. The maximum absolute atomic E-state index is 12.9. The van der Waals surface area contributed by atoms with Crippen LogP contribution in [0.3, 0.4) is 0 Å². The molecule has 1 amide bonds. The fraction of sp³-hybridized carbons (Fsp3) is 0.435. The molecule has 0 bridgehead atoms. The minimum Gasteiger partial charge on any atom is -0.321 e. The number of carbonyl (C=O) groups is 1. The number of anilines is 1. The van der Waals surface area contributed by atoms with Crippen LogP contribution >= 0.6 is 0 Å². The van der Waals surface area contributed by atoms with Gasteiger partial charge in [-0.2, -0.15) is 0 Å². The van der Waals surface area contributed by atoms with Gasteiger partial charge in [-0.25, -0.2) is 0 Å². The van der Waals surface area contributed by atoms with Crippen molar-refractivity contribution in [3.8, 4) is 0 Å². The SMILES string of the molecule is Cc1ccc(C)c(NC(=O)C[N+]2(Cc3ccccc3)CCCCCC2)c1.[Y]. The quantitative estimate of drug-likeness (QED) is 0.663. The minimum absolute atomic E-state index is 0. The Morgan fingerprint density at radius 3 is 2.30 bits per heavy atom. The molecule has 1 aliphatic rings. The summed E-state index contributed by atoms with van der Waals surface area (Å²) < 4.78 is 0.876. The molecule has 1 fully saturated rings. The molecular formula is C23H31N2OY+. The zero-order chi connectivity index (χ0) is 18.4. The average Bonchev–Trinajstić information content (AvgIpc) is 2.84. The summed E-state index contributed by atoms with van der Waals surface area (Å²) in [6.45, 7) is 7.80. The molecule has 3 nitrogen and oxygen atoms in total. The van der Waals surface area contributed by atoms with Crippen molar-refractivity contribution in [2.24, 2.45) is 0 Å². The molecule has 0 unspecified atom stereocenters. The molecule has 1 radical (unpaired) electrons. The summed E-state index contributed by atoms with van der Waals surface area (Å²) in [5, 5.41) is 3.17. The molecule has 0 aromatic heterocycles. The van der Waals surface area contributed by atoms with Gasteiger partial charge in [0.05, 0.1) is 13.1 Å². The van der Waals surface area contributed by atoms with Gasteiger partial charge in [-0.15, -0.1) is 0 Å². The van der Waals surface area contributed by atoms with Gasteiger partial charge in [0.2, 0.25) is 0 Å². The van der Waals surface area contributed by atoms with E-state index in [1.807, 2.05) is 0 Å². The third-order valence-electron chi connectivity index (χ3n) is 5.52. The topological polar surface area (TPSA) is 29.1 Å². The molecule has 1 heterocycles. The van der Waals surface area contributed by atoms with E-state index in [9.17, 15) is 4.79 Å². The number of quaternary nitrogens is 1. The predicted octanol–water partition coefficient (Wildman–Crippen LogP) is 4.83. The van der Waals surface area contributed by atoms with Crippen molar-refractivity contribution < 1.29 is 42.0 Å². The van der Waals surface area contributed by atoms with Crippen LogP contribution in [-0.2, 0) is 44.0 Å². The van der Waals surface area contributed by atoms with E-state index < -0.39 is 0 Å². The van der Waals surface area contributed by atoms with E-state index in [0.29, 0.717) is 6.54 Å². The normalized spacial score (nSPS) is 16.1. The number of aryl methyl sites for hydroxylation is 2. The van der Waals surface area contributed by atoms with Crippen molar-refractivity contribution in [1.82, 2.24) is 0 Å². The van der Waals surface area contributed by atoms with Gasteiger partial charge in [-0.05, 0) is 56.7 Å². The van der Waals surface area contributed by atoms with Gasteiger partial charge in [0, 0.05) is 44.0 Å². The molecule has 1 N–H and O–H groups in total. The van der Waals surface area contributed by atoms with Crippen molar-refractivity contribution >= 4 is 11.6 Å². The van der Waals surface area contributed by atoms with Crippen LogP contribution in [0.25, 0.3) is 0 Å². The number of nitrogens with one attached hydrogen (secondary N) is 1. The largest absolute Gasteiger partial charge is 0.321 e. The molecule has 3 rings (SSSR count). The van der Waals surface area contributed by atoms with Gasteiger partial charge < -0.3 is 9.80 Å². The van der Waals surface area contributed by atoms with E-state index in [0.717, 1.165) is 35.4 Å². The summed E-state index contributed by atoms with van der Waals surface area (Å²) in [7, 11) is 0. The Bertz CT molecular complexity index is 737. The maximum Gasteiger partial charge on any atom is 0.279 e. The Kier molecular flexibility index (Phi) is 8.66. The first kappa shape index (κ1) is 22.3. The first-order valence-electron chi connectivity index (χ1n) is 9.82. The van der Waals surface area contributed by atoms with Crippen molar-refractivity contribution in [1.29, 1.82) is 0 Å². The summed E-state index contributed by atoms with van der Waals surface area (Å²) in [5.41, 5.74) is 4.57. The van der Waals surface area contributed by atoms with E-state index in [1.54, 1.807) is 0 Å². The fourth-order valence-electron chi connectivity index (χ4n) is 4.07. The van der Waals surface area contributed by atoms with E-state index in [2.05, 4.69) is 67.7 Å². The first-order chi connectivity index (χ1) is 12.6. The van der Waals surface area contributed by atoms with Crippen LogP contribution in [-0.4, -0.2) is 30.0 Å². The smallest absolute Gasteiger partial charge is 0.279 e. The van der Waals surface area contributed by atoms with Crippen molar-refractivity contribution in [2.45, 2.75) is 46.1 Å². The van der Waals surface area contributed by atoms with Crippen LogP contribution in [0.15, 0.2) is 48.5 Å². The van der Waals surface area contributed by atoms with E-state index in [-0.39, 0.29) is 38.6 Å². The molecular weight excluding hydrogens is 409 g/mol. The molecule has 4 heteroatoms. The first-order valence-corrected chi connectivity index (χ1v) is 9.82. The molecule has 2 aromatic rings. The van der Waals surface area contributed by atoms with Crippen LogP contribution in [0.1, 0.15) is 42.4 Å². The summed E-state index contributed by atoms with van der Waals surface area (Å²) in [4.78, 5) is 12.9. The molecule has 2 aromatic carbocycles. The Morgan fingerprint density at radius 1 is 0.963 bits per heavy atom. The number of nitrogens with zero attached hydrogens (tertiary/aromatic N) is 1. The van der Waals surface area contributed by atoms with Crippen LogP contribution in [0.2, 0.25) is 0 Å². The maximum atomic E-state index is 12.9. The number of amides is 1. The van der Waals surface area contributed by atoms with Crippen LogP contribution in [0.4, 0.5) is 5.69 Å². The van der Waals surface area contributed by atoms with Crippen LogP contribution in [0, 0.1) is 13.8 Å². The minimum atomic E-state index is 0. The number of carbonyl (C=O) groups excluding carboxylic acids is 1. The van der Waals surface area contributed by atoms with Gasteiger partial charge in [0.15, 0.2) is 6.54 Å². The molecule has 1 saturated heterocycles. The van der Waals surface area contributed by atoms with Crippen LogP contribution in [0.5, 0.6) is 0 Å². The molecule has 0 aliphatic carbocycles. The van der Waals surface area contributed by atoms with Gasteiger partial charge in [-0.3, -0.25) is 4.79 Å². The molecule has 0 spiro atoms. The van der Waals surface area contributed by atoms with Crippen molar-refractivity contribution in [2.75, 3.05) is 25.0 Å². The monoisotopic (exact) mass is 440 g/mol. The molecule has 1 aliphatic heterocycles. The second-order valence-electron chi connectivity index (χ2n) is 7.87. The molecule has 0 saturated carbocycles. The number of rotatable bonds is 5. The third kappa shape index (κ3) is 6.52. The standard InChI is InChI=1S/C23H30N2O.Y/c1-19-12-13-20(2)22(16-19)24-23(26)18-25(14-8-3-4-9-15-25)17-21-10-6-5-7-11-21;/h5-7,10-13,16H,3-4,8-9,14-15,17-18H2,1-2H3;/p+1. The van der Waals surface area contributed by atoms with Gasteiger partial charge in [0.1, 0.15) is 6.54 Å². The van der Waals surface area contributed by atoms with E-state index in [1.165, 1.54) is 36.8 Å². The second kappa shape index (κ2) is 10.5. The van der Waals surface area contributed by atoms with Gasteiger partial charge in [0.25, 0.3) is 5.91 Å². The number of benzene rings is 2. The van der Waals surface area contributed by atoms with Crippen LogP contribution < -0.4 is 5.32 Å². The summed E-state index contributed by atoms with van der Waals surface area (Å²) in [6, 6.07) is 16.9. The van der Waals surface area contributed by atoms with Gasteiger partial charge in [-0.1, -0.05) is 42.5 Å². The van der Waals surface area contributed by atoms with Crippen molar-refractivity contribution in [3.63, 3.8) is 0 Å². The second-order valence-corrected chi connectivity index (χ2v) is 7.87.